The molecule has 1 aromatic carbocycles. The smallest absolute Gasteiger partial charge is 0.309 e. The summed E-state index contributed by atoms with van der Waals surface area (Å²) in [4.78, 5) is 26.9. The van der Waals surface area contributed by atoms with E-state index in [2.05, 4.69) is 78.5 Å². The first-order valence-electron chi connectivity index (χ1n) is 15.9. The second-order valence-electron chi connectivity index (χ2n) is 16.0. The van der Waals surface area contributed by atoms with Crippen molar-refractivity contribution in [3.05, 3.63) is 53.6 Å². The zero-order valence-electron chi connectivity index (χ0n) is 25.7. The Morgan fingerprint density at radius 3 is 2.25 bits per heavy atom. The van der Waals surface area contributed by atoms with E-state index in [0.29, 0.717) is 29.5 Å². The Bertz CT molecular complexity index is 1270. The molecule has 0 radical (unpaired) electrons. The van der Waals surface area contributed by atoms with Crippen LogP contribution in [0.25, 0.3) is 6.08 Å². The number of carbonyl (C=O) groups excluding carboxylic acids is 1. The highest BCUT2D eigenvalue weighted by atomic mass is 16.4. The van der Waals surface area contributed by atoms with Crippen molar-refractivity contribution in [3.63, 3.8) is 0 Å². The maximum atomic E-state index is 14.0. The largest absolute Gasteiger partial charge is 0.481 e. The Morgan fingerprint density at radius 1 is 0.900 bits per heavy atom. The maximum Gasteiger partial charge on any atom is 0.309 e. The summed E-state index contributed by atoms with van der Waals surface area (Å²) in [7, 11) is 0. The Hall–Kier alpha value is -2.16. The number of benzene rings is 1. The van der Waals surface area contributed by atoms with E-state index in [4.69, 9.17) is 0 Å². The van der Waals surface area contributed by atoms with Gasteiger partial charge in [-0.3, -0.25) is 9.59 Å². The SMILES string of the molecule is C=C(C)[C@@H]1CC[C@]2(C(=O)O)CC[C@]3(C)[C@H](CC[C@@H]4[C@@]5(C)C/C(=C/c6ccccc6)C(=O)C(C)(C)C5CC[C@]43C)C12. The molecular weight excluding hydrogens is 492 g/mol. The topological polar surface area (TPSA) is 54.4 Å². The minimum Gasteiger partial charge on any atom is -0.481 e. The standard InChI is InChI=1S/C37H50O3/c1-23(2)26-15-18-37(32(39)40)20-19-35(6)27(30(26)37)13-14-29-34(5)22-25(21-24-11-9-8-10-12-24)31(38)33(3,4)28(34)16-17-36(29,35)7/h8-12,21,26-30H,1,13-20,22H2,2-7H3,(H,39,40)/b25-21-/t26-,27+,28?,29+,30?,34-,35+,36+,37-/m0/s1. The van der Waals surface area contributed by atoms with Crippen LogP contribution in [0, 0.1) is 56.7 Å². The lowest BCUT2D eigenvalue weighted by Crippen LogP contribution is -2.67. The molecule has 40 heavy (non-hydrogen) atoms. The highest BCUT2D eigenvalue weighted by Gasteiger charge is 2.72. The van der Waals surface area contributed by atoms with Crippen molar-refractivity contribution in [2.24, 2.45) is 56.7 Å². The van der Waals surface area contributed by atoms with Crippen LogP contribution < -0.4 is 0 Å². The molecule has 0 saturated heterocycles. The number of ketones is 1. The maximum absolute atomic E-state index is 14.0. The van der Waals surface area contributed by atoms with Crippen LogP contribution in [0.2, 0.25) is 0 Å². The van der Waals surface area contributed by atoms with Crippen molar-refractivity contribution < 1.29 is 14.7 Å². The molecule has 5 saturated carbocycles. The van der Waals surface area contributed by atoms with Gasteiger partial charge in [0.15, 0.2) is 5.78 Å². The molecule has 3 heteroatoms. The van der Waals surface area contributed by atoms with Gasteiger partial charge in [-0.15, -0.1) is 0 Å². The molecule has 5 aliphatic rings. The van der Waals surface area contributed by atoms with Gasteiger partial charge < -0.3 is 5.11 Å². The fourth-order valence-corrected chi connectivity index (χ4v) is 12.2. The van der Waals surface area contributed by atoms with Gasteiger partial charge in [0.2, 0.25) is 0 Å². The van der Waals surface area contributed by atoms with Crippen molar-refractivity contribution >= 4 is 17.8 Å². The van der Waals surface area contributed by atoms with Crippen molar-refractivity contribution in [2.75, 3.05) is 0 Å². The second kappa shape index (κ2) is 8.92. The van der Waals surface area contributed by atoms with Gasteiger partial charge >= 0.3 is 5.97 Å². The second-order valence-corrected chi connectivity index (χ2v) is 16.0. The number of allylic oxidation sites excluding steroid dienone is 2. The van der Waals surface area contributed by atoms with Crippen molar-refractivity contribution in [1.29, 1.82) is 0 Å². The number of carboxylic acid groups (broad SMARTS) is 1. The molecule has 0 spiro atoms. The van der Waals surface area contributed by atoms with Gasteiger partial charge in [0.1, 0.15) is 0 Å². The van der Waals surface area contributed by atoms with Gasteiger partial charge in [0.05, 0.1) is 5.41 Å². The summed E-state index contributed by atoms with van der Waals surface area (Å²) in [6, 6.07) is 10.3. The van der Waals surface area contributed by atoms with Crippen LogP contribution in [0.5, 0.6) is 0 Å². The molecule has 0 bridgehead atoms. The predicted octanol–water partition coefficient (Wildman–Crippen LogP) is 8.99. The van der Waals surface area contributed by atoms with Gasteiger partial charge in [-0.05, 0) is 128 Å². The molecule has 5 fully saturated rings. The van der Waals surface area contributed by atoms with Crippen LogP contribution in [-0.2, 0) is 9.59 Å². The summed E-state index contributed by atoms with van der Waals surface area (Å²) in [5.74, 6) is 1.60. The van der Waals surface area contributed by atoms with Crippen LogP contribution in [0.4, 0.5) is 0 Å². The van der Waals surface area contributed by atoms with Gasteiger partial charge in [-0.25, -0.2) is 0 Å². The lowest BCUT2D eigenvalue weighted by Gasteiger charge is -2.72. The number of carbonyl (C=O) groups is 2. The molecule has 6 rings (SSSR count). The number of hydrogen-bond acceptors (Lipinski definition) is 2. The lowest BCUT2D eigenvalue weighted by molar-refractivity contribution is -0.231. The molecule has 1 N–H and O–H groups in total. The lowest BCUT2D eigenvalue weighted by atomic mass is 9.32. The molecule has 2 unspecified atom stereocenters. The minimum atomic E-state index is -0.580. The zero-order valence-corrected chi connectivity index (χ0v) is 25.7. The average molecular weight is 543 g/mol. The van der Waals surface area contributed by atoms with Crippen molar-refractivity contribution in [1.82, 2.24) is 0 Å². The first-order valence-corrected chi connectivity index (χ1v) is 15.9. The van der Waals surface area contributed by atoms with E-state index in [1.54, 1.807) is 0 Å². The van der Waals surface area contributed by atoms with Crippen LogP contribution in [0.1, 0.15) is 105 Å². The Labute approximate surface area is 241 Å². The third-order valence-electron chi connectivity index (χ3n) is 14.2. The molecule has 0 heterocycles. The number of carboxylic acids is 1. The summed E-state index contributed by atoms with van der Waals surface area (Å²) in [6.07, 6.45) is 11.1. The normalized spacial score (nSPS) is 46.6. The summed E-state index contributed by atoms with van der Waals surface area (Å²) >= 11 is 0. The number of Topliss-reactive ketones (excluding diaryl/α,β-unsaturated/α-hetero) is 1. The first kappa shape index (κ1) is 28.0. The summed E-state index contributed by atoms with van der Waals surface area (Å²) in [5, 5.41) is 10.6. The highest BCUT2D eigenvalue weighted by Crippen LogP contribution is 2.77. The summed E-state index contributed by atoms with van der Waals surface area (Å²) in [5.41, 5.74) is 2.60. The molecule has 1 aromatic rings. The van der Waals surface area contributed by atoms with Gasteiger partial charge in [-0.2, -0.15) is 0 Å². The van der Waals surface area contributed by atoms with Crippen LogP contribution >= 0.6 is 0 Å². The van der Waals surface area contributed by atoms with E-state index in [1.165, 1.54) is 5.57 Å². The van der Waals surface area contributed by atoms with Gasteiger partial charge in [0.25, 0.3) is 0 Å². The van der Waals surface area contributed by atoms with E-state index in [1.807, 2.05) is 6.07 Å². The van der Waals surface area contributed by atoms with E-state index in [-0.39, 0.29) is 27.6 Å². The Morgan fingerprint density at radius 2 is 1.60 bits per heavy atom. The molecule has 0 aliphatic heterocycles. The van der Waals surface area contributed by atoms with Crippen molar-refractivity contribution in [2.45, 2.75) is 99.3 Å². The monoisotopic (exact) mass is 542 g/mol. The Balaban J connectivity index is 1.42. The van der Waals surface area contributed by atoms with Crippen molar-refractivity contribution in [3.8, 4) is 0 Å². The third kappa shape index (κ3) is 3.48. The molecule has 0 amide bonds. The fraction of sp³-hybridized carbons (Fsp3) is 0.676. The van der Waals surface area contributed by atoms with Gasteiger partial charge in [-0.1, -0.05) is 77.1 Å². The average Bonchev–Trinajstić information content (AvgIpc) is 3.30. The number of aliphatic carboxylic acids is 1. The van der Waals surface area contributed by atoms with E-state index in [9.17, 15) is 14.7 Å². The van der Waals surface area contributed by atoms with E-state index < -0.39 is 11.4 Å². The number of hydrogen-bond donors (Lipinski definition) is 1. The quantitative estimate of drug-likeness (QED) is 0.306. The van der Waals surface area contributed by atoms with Crippen LogP contribution in [-0.4, -0.2) is 16.9 Å². The fourth-order valence-electron chi connectivity index (χ4n) is 12.2. The third-order valence-corrected chi connectivity index (χ3v) is 14.2. The Kier molecular flexibility index (Phi) is 6.24. The van der Waals surface area contributed by atoms with E-state index in [0.717, 1.165) is 68.9 Å². The zero-order chi connectivity index (χ0) is 28.9. The molecule has 216 valence electrons. The number of rotatable bonds is 3. The van der Waals surface area contributed by atoms with Crippen LogP contribution in [0.15, 0.2) is 48.1 Å². The van der Waals surface area contributed by atoms with E-state index >= 15 is 0 Å². The summed E-state index contributed by atoms with van der Waals surface area (Å²) in [6.45, 7) is 18.6. The number of fused-ring (bicyclic) bond motifs is 7. The van der Waals surface area contributed by atoms with Crippen LogP contribution in [0.3, 0.4) is 0 Å². The molecule has 0 aromatic heterocycles. The van der Waals surface area contributed by atoms with Gasteiger partial charge in [0, 0.05) is 5.41 Å². The molecule has 9 atom stereocenters. The predicted molar refractivity (Wildman–Crippen MR) is 161 cm³/mol. The molecule has 3 nitrogen and oxygen atoms in total. The highest BCUT2D eigenvalue weighted by molar-refractivity contribution is 6.04. The first-order chi connectivity index (χ1) is 18.7. The molecule has 5 aliphatic carbocycles. The summed E-state index contributed by atoms with van der Waals surface area (Å²) < 4.78 is 0. The minimum absolute atomic E-state index is 0.0454. The molecular formula is C37H50O3.